The molecule has 0 spiro atoms. The molecule has 0 fully saturated rings. The SMILES string of the molecule is Cc1cnc2c(c1C)NCC(C(C)C)O2. The highest BCUT2D eigenvalue weighted by atomic mass is 16.5. The van der Waals surface area contributed by atoms with Gasteiger partial charge in [0.1, 0.15) is 11.8 Å². The summed E-state index contributed by atoms with van der Waals surface area (Å²) >= 11 is 0. The zero-order valence-electron chi connectivity index (χ0n) is 9.79. The van der Waals surface area contributed by atoms with Crippen molar-refractivity contribution in [3.05, 3.63) is 17.3 Å². The van der Waals surface area contributed by atoms with Crippen LogP contribution in [-0.4, -0.2) is 17.6 Å². The number of aryl methyl sites for hydroxylation is 1. The summed E-state index contributed by atoms with van der Waals surface area (Å²) in [5.74, 6) is 1.26. The van der Waals surface area contributed by atoms with Crippen LogP contribution in [0.4, 0.5) is 5.69 Å². The van der Waals surface area contributed by atoms with Gasteiger partial charge in [0.2, 0.25) is 5.88 Å². The lowest BCUT2D eigenvalue weighted by Crippen LogP contribution is -2.35. The third kappa shape index (κ3) is 1.78. The van der Waals surface area contributed by atoms with Crippen molar-refractivity contribution in [3.8, 4) is 5.88 Å². The molecule has 1 aromatic rings. The van der Waals surface area contributed by atoms with Crippen LogP contribution in [0.3, 0.4) is 0 Å². The maximum atomic E-state index is 5.86. The topological polar surface area (TPSA) is 34.2 Å². The zero-order chi connectivity index (χ0) is 11.0. The van der Waals surface area contributed by atoms with Gasteiger partial charge < -0.3 is 10.1 Å². The summed E-state index contributed by atoms with van der Waals surface area (Å²) in [6, 6.07) is 0. The Hall–Kier alpha value is -1.25. The highest BCUT2D eigenvalue weighted by Gasteiger charge is 2.24. The smallest absolute Gasteiger partial charge is 0.237 e. The number of hydrogen-bond acceptors (Lipinski definition) is 3. The summed E-state index contributed by atoms with van der Waals surface area (Å²) in [6.45, 7) is 9.37. The molecule has 1 aliphatic heterocycles. The van der Waals surface area contributed by atoms with Crippen LogP contribution in [0.2, 0.25) is 0 Å². The van der Waals surface area contributed by atoms with Gasteiger partial charge in [0.15, 0.2) is 0 Å². The van der Waals surface area contributed by atoms with Gasteiger partial charge in [-0.2, -0.15) is 0 Å². The number of rotatable bonds is 1. The van der Waals surface area contributed by atoms with Crippen molar-refractivity contribution in [1.29, 1.82) is 0 Å². The van der Waals surface area contributed by atoms with Crippen molar-refractivity contribution < 1.29 is 4.74 Å². The first kappa shape index (κ1) is 10.3. The highest BCUT2D eigenvalue weighted by Crippen LogP contribution is 2.32. The Balaban J connectivity index is 2.32. The first-order valence-corrected chi connectivity index (χ1v) is 5.46. The molecule has 0 radical (unpaired) electrons. The van der Waals surface area contributed by atoms with E-state index in [1.807, 2.05) is 6.20 Å². The molecule has 0 saturated heterocycles. The standard InChI is InChI=1S/C12H18N2O/c1-7(2)10-6-13-11-9(4)8(3)5-14-12(11)15-10/h5,7,10,13H,6H2,1-4H3. The fourth-order valence-electron chi connectivity index (χ4n) is 1.73. The van der Waals surface area contributed by atoms with Crippen LogP contribution in [-0.2, 0) is 0 Å². The molecule has 0 bridgehead atoms. The van der Waals surface area contributed by atoms with Crippen molar-refractivity contribution in [2.75, 3.05) is 11.9 Å². The normalized spacial score (nSPS) is 19.4. The lowest BCUT2D eigenvalue weighted by Gasteiger charge is -2.30. The van der Waals surface area contributed by atoms with Crippen LogP contribution < -0.4 is 10.1 Å². The van der Waals surface area contributed by atoms with Crippen LogP contribution in [0.15, 0.2) is 6.20 Å². The molecule has 1 unspecified atom stereocenters. The first-order valence-electron chi connectivity index (χ1n) is 5.46. The van der Waals surface area contributed by atoms with E-state index >= 15 is 0 Å². The number of nitrogens with one attached hydrogen (secondary N) is 1. The minimum Gasteiger partial charge on any atom is -0.471 e. The molecule has 0 amide bonds. The number of fused-ring (bicyclic) bond motifs is 1. The van der Waals surface area contributed by atoms with Crippen molar-refractivity contribution in [1.82, 2.24) is 4.98 Å². The number of nitrogens with zero attached hydrogens (tertiary/aromatic N) is 1. The van der Waals surface area contributed by atoms with E-state index in [1.54, 1.807) is 0 Å². The van der Waals surface area contributed by atoms with E-state index in [1.165, 1.54) is 11.1 Å². The molecule has 0 saturated carbocycles. The minimum atomic E-state index is 0.229. The summed E-state index contributed by atoms with van der Waals surface area (Å²) in [5.41, 5.74) is 3.50. The lowest BCUT2D eigenvalue weighted by molar-refractivity contribution is 0.149. The molecular formula is C12H18N2O. The molecule has 2 rings (SSSR count). The third-order valence-corrected chi connectivity index (χ3v) is 3.04. The second kappa shape index (κ2) is 3.72. The predicted molar refractivity (Wildman–Crippen MR) is 61.5 cm³/mol. The summed E-state index contributed by atoms with van der Waals surface area (Å²) in [7, 11) is 0. The van der Waals surface area contributed by atoms with Gasteiger partial charge in [-0.25, -0.2) is 4.98 Å². The summed E-state index contributed by atoms with van der Waals surface area (Å²) in [5, 5.41) is 3.42. The number of ether oxygens (including phenoxy) is 1. The van der Waals surface area contributed by atoms with Gasteiger partial charge in [-0.1, -0.05) is 13.8 Å². The van der Waals surface area contributed by atoms with Crippen molar-refractivity contribution in [2.24, 2.45) is 5.92 Å². The van der Waals surface area contributed by atoms with Gasteiger partial charge in [-0.3, -0.25) is 0 Å². The Kier molecular flexibility index (Phi) is 2.55. The predicted octanol–water partition coefficient (Wildman–Crippen LogP) is 2.53. The number of pyridine rings is 1. The Morgan fingerprint density at radius 3 is 2.87 bits per heavy atom. The van der Waals surface area contributed by atoms with Crippen LogP contribution in [0.25, 0.3) is 0 Å². The molecule has 3 heteroatoms. The van der Waals surface area contributed by atoms with E-state index in [2.05, 4.69) is 38.0 Å². The molecule has 82 valence electrons. The Bertz CT molecular complexity index is 374. The second-order valence-electron chi connectivity index (χ2n) is 4.53. The maximum Gasteiger partial charge on any atom is 0.237 e. The monoisotopic (exact) mass is 206 g/mol. The fourth-order valence-corrected chi connectivity index (χ4v) is 1.73. The van der Waals surface area contributed by atoms with E-state index in [0.717, 1.165) is 18.1 Å². The molecule has 1 N–H and O–H groups in total. The van der Waals surface area contributed by atoms with Gasteiger partial charge in [0, 0.05) is 6.20 Å². The molecule has 15 heavy (non-hydrogen) atoms. The molecule has 1 aromatic heterocycles. The average molecular weight is 206 g/mol. The van der Waals surface area contributed by atoms with Gasteiger partial charge in [0.25, 0.3) is 0 Å². The van der Waals surface area contributed by atoms with E-state index < -0.39 is 0 Å². The van der Waals surface area contributed by atoms with Gasteiger partial charge in [-0.05, 0) is 30.9 Å². The number of anilines is 1. The van der Waals surface area contributed by atoms with E-state index in [0.29, 0.717) is 5.92 Å². The molecule has 0 aliphatic carbocycles. The van der Waals surface area contributed by atoms with Gasteiger partial charge >= 0.3 is 0 Å². The first-order chi connectivity index (χ1) is 7.09. The molecule has 3 nitrogen and oxygen atoms in total. The Labute approximate surface area is 90.9 Å². The second-order valence-corrected chi connectivity index (χ2v) is 4.53. The number of aromatic nitrogens is 1. The van der Waals surface area contributed by atoms with E-state index in [-0.39, 0.29) is 6.10 Å². The maximum absolute atomic E-state index is 5.86. The fraction of sp³-hybridized carbons (Fsp3) is 0.583. The molecular weight excluding hydrogens is 188 g/mol. The van der Waals surface area contributed by atoms with E-state index in [9.17, 15) is 0 Å². The summed E-state index contributed by atoms with van der Waals surface area (Å²) in [6.07, 6.45) is 2.10. The average Bonchev–Trinajstić information content (AvgIpc) is 2.23. The zero-order valence-corrected chi connectivity index (χ0v) is 9.79. The minimum absolute atomic E-state index is 0.229. The number of hydrogen-bond donors (Lipinski definition) is 1. The van der Waals surface area contributed by atoms with E-state index in [4.69, 9.17) is 4.74 Å². The van der Waals surface area contributed by atoms with Gasteiger partial charge in [0.05, 0.1) is 6.54 Å². The third-order valence-electron chi connectivity index (χ3n) is 3.04. The Morgan fingerprint density at radius 1 is 1.47 bits per heavy atom. The van der Waals surface area contributed by atoms with Crippen LogP contribution in [0.1, 0.15) is 25.0 Å². The van der Waals surface area contributed by atoms with Crippen molar-refractivity contribution >= 4 is 5.69 Å². The van der Waals surface area contributed by atoms with Crippen molar-refractivity contribution in [2.45, 2.75) is 33.8 Å². The van der Waals surface area contributed by atoms with Crippen molar-refractivity contribution in [3.63, 3.8) is 0 Å². The lowest BCUT2D eigenvalue weighted by atomic mass is 10.0. The van der Waals surface area contributed by atoms with Crippen LogP contribution >= 0.6 is 0 Å². The van der Waals surface area contributed by atoms with Gasteiger partial charge in [-0.15, -0.1) is 0 Å². The summed E-state index contributed by atoms with van der Waals surface area (Å²) in [4.78, 5) is 4.33. The molecule has 0 aromatic carbocycles. The molecule has 1 aliphatic rings. The molecule has 2 heterocycles. The summed E-state index contributed by atoms with van der Waals surface area (Å²) < 4.78 is 5.86. The molecule has 1 atom stereocenters. The largest absolute Gasteiger partial charge is 0.471 e. The van der Waals surface area contributed by atoms with Crippen LogP contribution in [0, 0.1) is 19.8 Å². The quantitative estimate of drug-likeness (QED) is 0.766. The Morgan fingerprint density at radius 2 is 2.20 bits per heavy atom. The van der Waals surface area contributed by atoms with Crippen LogP contribution in [0.5, 0.6) is 5.88 Å². The highest BCUT2D eigenvalue weighted by molar-refractivity contribution is 5.61.